The first-order valence-electron chi connectivity index (χ1n) is 6.29. The molecule has 3 nitrogen and oxygen atoms in total. The first-order valence-corrected chi connectivity index (χ1v) is 6.66. The summed E-state index contributed by atoms with van der Waals surface area (Å²) in [6, 6.07) is 3.85. The highest BCUT2D eigenvalue weighted by atomic mass is 35.5. The summed E-state index contributed by atoms with van der Waals surface area (Å²) in [6.45, 7) is 8.11. The molecule has 1 aromatic carbocycles. The molecular weight excluding hydrogens is 250 g/mol. The van der Waals surface area contributed by atoms with E-state index in [1.54, 1.807) is 12.1 Å². The molecule has 0 amide bonds. The second-order valence-corrected chi connectivity index (χ2v) is 5.12. The van der Waals surface area contributed by atoms with Gasteiger partial charge in [0.25, 0.3) is 0 Å². The highest BCUT2D eigenvalue weighted by Crippen LogP contribution is 2.34. The van der Waals surface area contributed by atoms with E-state index in [4.69, 9.17) is 16.3 Å². The molecule has 0 aliphatic rings. The van der Waals surface area contributed by atoms with Gasteiger partial charge in [-0.05, 0) is 32.9 Å². The lowest BCUT2D eigenvalue weighted by Gasteiger charge is -2.26. The molecule has 0 bridgehead atoms. The number of aromatic hydroxyl groups is 1. The highest BCUT2D eigenvalue weighted by molar-refractivity contribution is 6.30. The normalized spacial score (nSPS) is 11.3. The number of phenolic OH excluding ortho intramolecular Hbond substituents is 1. The average molecular weight is 272 g/mol. The molecule has 102 valence electrons. The fourth-order valence-electron chi connectivity index (χ4n) is 1.93. The molecule has 0 radical (unpaired) electrons. The van der Waals surface area contributed by atoms with Crippen LogP contribution in [0.5, 0.6) is 11.5 Å². The van der Waals surface area contributed by atoms with E-state index in [1.165, 1.54) is 7.11 Å². The van der Waals surface area contributed by atoms with E-state index in [9.17, 15) is 5.11 Å². The summed E-state index contributed by atoms with van der Waals surface area (Å²) in [6.07, 6.45) is 1.08. The van der Waals surface area contributed by atoms with Gasteiger partial charge in [0.15, 0.2) is 11.5 Å². The molecule has 0 heterocycles. The van der Waals surface area contributed by atoms with Crippen LogP contribution in [-0.2, 0) is 6.54 Å². The van der Waals surface area contributed by atoms with E-state index < -0.39 is 0 Å². The molecule has 0 spiro atoms. The minimum atomic E-state index is 0.184. The number of phenols is 1. The number of benzene rings is 1. The second-order valence-electron chi connectivity index (χ2n) is 4.68. The van der Waals surface area contributed by atoms with E-state index in [2.05, 4.69) is 25.7 Å². The van der Waals surface area contributed by atoms with E-state index in [0.29, 0.717) is 23.4 Å². The van der Waals surface area contributed by atoms with Crippen LogP contribution in [0.4, 0.5) is 0 Å². The maximum Gasteiger partial charge on any atom is 0.162 e. The van der Waals surface area contributed by atoms with Gasteiger partial charge in [0.2, 0.25) is 0 Å². The zero-order valence-electron chi connectivity index (χ0n) is 11.5. The molecule has 1 N–H and O–H groups in total. The first-order chi connectivity index (χ1) is 8.49. The Bertz CT molecular complexity index is 394. The Morgan fingerprint density at radius 2 is 2.06 bits per heavy atom. The van der Waals surface area contributed by atoms with Crippen LogP contribution in [0.25, 0.3) is 0 Å². The number of hydrogen-bond donors (Lipinski definition) is 1. The van der Waals surface area contributed by atoms with Crippen LogP contribution in [-0.4, -0.2) is 29.7 Å². The molecule has 1 rings (SSSR count). The topological polar surface area (TPSA) is 32.7 Å². The van der Waals surface area contributed by atoms with Gasteiger partial charge in [0.1, 0.15) is 0 Å². The molecule has 0 aliphatic carbocycles. The van der Waals surface area contributed by atoms with Crippen molar-refractivity contribution in [3.8, 4) is 11.5 Å². The zero-order chi connectivity index (χ0) is 13.7. The lowest BCUT2D eigenvalue weighted by molar-refractivity contribution is 0.210. The van der Waals surface area contributed by atoms with Crippen molar-refractivity contribution in [3.05, 3.63) is 22.7 Å². The molecule has 4 heteroatoms. The fraction of sp³-hybridized carbons (Fsp3) is 0.571. The summed E-state index contributed by atoms with van der Waals surface area (Å²) in [5.74, 6) is 0.612. The van der Waals surface area contributed by atoms with Crippen molar-refractivity contribution < 1.29 is 9.84 Å². The van der Waals surface area contributed by atoms with Crippen molar-refractivity contribution in [1.82, 2.24) is 4.90 Å². The number of ether oxygens (including phenoxy) is 1. The minimum Gasteiger partial charge on any atom is -0.504 e. The predicted octanol–water partition coefficient (Wildman–Crippen LogP) is 3.67. The largest absolute Gasteiger partial charge is 0.504 e. The van der Waals surface area contributed by atoms with Crippen molar-refractivity contribution >= 4 is 11.6 Å². The molecule has 0 saturated carbocycles. The fourth-order valence-corrected chi connectivity index (χ4v) is 2.16. The minimum absolute atomic E-state index is 0.184. The van der Waals surface area contributed by atoms with Crippen LogP contribution in [0, 0.1) is 0 Å². The SMILES string of the molecule is CCCN(Cc1cc(Cl)cc(OC)c1O)C(C)C. The number of nitrogens with zero attached hydrogens (tertiary/aromatic N) is 1. The van der Waals surface area contributed by atoms with Crippen LogP contribution in [0.2, 0.25) is 5.02 Å². The van der Waals surface area contributed by atoms with Crippen LogP contribution < -0.4 is 4.74 Å². The molecule has 18 heavy (non-hydrogen) atoms. The van der Waals surface area contributed by atoms with Crippen LogP contribution in [0.15, 0.2) is 12.1 Å². The van der Waals surface area contributed by atoms with Gasteiger partial charge in [-0.15, -0.1) is 0 Å². The molecule has 0 aliphatic heterocycles. The Kier molecular flexibility index (Phi) is 5.76. The Labute approximate surface area is 114 Å². The van der Waals surface area contributed by atoms with E-state index in [0.717, 1.165) is 18.5 Å². The Hall–Kier alpha value is -0.930. The Morgan fingerprint density at radius 1 is 1.39 bits per heavy atom. The van der Waals surface area contributed by atoms with Crippen LogP contribution in [0.3, 0.4) is 0 Å². The monoisotopic (exact) mass is 271 g/mol. The maximum absolute atomic E-state index is 10.1. The number of hydrogen-bond acceptors (Lipinski definition) is 3. The molecule has 0 atom stereocenters. The van der Waals surface area contributed by atoms with E-state index >= 15 is 0 Å². The Morgan fingerprint density at radius 3 is 2.56 bits per heavy atom. The third kappa shape index (κ3) is 3.79. The van der Waals surface area contributed by atoms with E-state index in [-0.39, 0.29) is 5.75 Å². The van der Waals surface area contributed by atoms with Crippen molar-refractivity contribution in [3.63, 3.8) is 0 Å². The Balaban J connectivity index is 2.98. The van der Waals surface area contributed by atoms with Crippen molar-refractivity contribution in [2.75, 3.05) is 13.7 Å². The van der Waals surface area contributed by atoms with Crippen molar-refractivity contribution in [2.24, 2.45) is 0 Å². The summed E-state index contributed by atoms with van der Waals surface area (Å²) in [7, 11) is 1.53. The molecule has 0 unspecified atom stereocenters. The average Bonchev–Trinajstić information content (AvgIpc) is 2.32. The van der Waals surface area contributed by atoms with Crippen molar-refractivity contribution in [2.45, 2.75) is 39.8 Å². The summed E-state index contributed by atoms with van der Waals surface area (Å²) in [5.41, 5.74) is 0.807. The quantitative estimate of drug-likeness (QED) is 0.857. The standard InChI is InChI=1S/C14H22ClNO2/c1-5-6-16(10(2)3)9-11-7-12(15)8-13(18-4)14(11)17/h7-8,10,17H,5-6,9H2,1-4H3. The van der Waals surface area contributed by atoms with Gasteiger partial charge in [-0.2, -0.15) is 0 Å². The van der Waals surface area contributed by atoms with Gasteiger partial charge in [-0.25, -0.2) is 0 Å². The molecule has 0 fully saturated rings. The van der Waals surface area contributed by atoms with Gasteiger partial charge >= 0.3 is 0 Å². The molecule has 0 aromatic heterocycles. The van der Waals surface area contributed by atoms with E-state index in [1.807, 2.05) is 0 Å². The predicted molar refractivity (Wildman–Crippen MR) is 75.5 cm³/mol. The number of rotatable bonds is 6. The van der Waals surface area contributed by atoms with Gasteiger partial charge in [-0.3, -0.25) is 4.90 Å². The third-order valence-electron chi connectivity index (χ3n) is 2.95. The smallest absolute Gasteiger partial charge is 0.162 e. The molecular formula is C14H22ClNO2. The maximum atomic E-state index is 10.1. The first kappa shape index (κ1) is 15.1. The van der Waals surface area contributed by atoms with Gasteiger partial charge < -0.3 is 9.84 Å². The second kappa shape index (κ2) is 6.86. The summed E-state index contributed by atoms with van der Waals surface area (Å²) in [4.78, 5) is 2.30. The number of halogens is 1. The van der Waals surface area contributed by atoms with Crippen LogP contribution in [0.1, 0.15) is 32.8 Å². The van der Waals surface area contributed by atoms with Crippen molar-refractivity contribution in [1.29, 1.82) is 0 Å². The van der Waals surface area contributed by atoms with Gasteiger partial charge in [0, 0.05) is 29.2 Å². The third-order valence-corrected chi connectivity index (χ3v) is 3.17. The summed E-state index contributed by atoms with van der Waals surface area (Å²) < 4.78 is 5.12. The number of methoxy groups -OCH3 is 1. The molecule has 1 aromatic rings. The summed E-state index contributed by atoms with van der Waals surface area (Å²) >= 11 is 6.03. The molecule has 0 saturated heterocycles. The lowest BCUT2D eigenvalue weighted by atomic mass is 10.1. The van der Waals surface area contributed by atoms with Gasteiger partial charge in [-0.1, -0.05) is 18.5 Å². The lowest BCUT2D eigenvalue weighted by Crippen LogP contribution is -2.31. The highest BCUT2D eigenvalue weighted by Gasteiger charge is 2.15. The summed E-state index contributed by atoms with van der Waals surface area (Å²) in [5, 5.41) is 10.7. The zero-order valence-corrected chi connectivity index (χ0v) is 12.3. The van der Waals surface area contributed by atoms with Crippen LogP contribution >= 0.6 is 11.6 Å². The van der Waals surface area contributed by atoms with Gasteiger partial charge in [0.05, 0.1) is 7.11 Å².